The van der Waals surface area contributed by atoms with Gasteiger partial charge < -0.3 is 5.32 Å². The second-order valence-electron chi connectivity index (χ2n) is 5.29. The molecule has 128 valence electrons. The molecule has 0 spiro atoms. The second-order valence-corrected chi connectivity index (χ2v) is 7.53. The molecule has 1 heterocycles. The summed E-state index contributed by atoms with van der Waals surface area (Å²) in [6, 6.07) is 13.1. The zero-order valence-electron chi connectivity index (χ0n) is 13.2. The Morgan fingerprint density at radius 3 is 2.76 bits per heavy atom. The molecule has 3 rings (SSSR count). The van der Waals surface area contributed by atoms with E-state index in [1.54, 1.807) is 12.1 Å². The van der Waals surface area contributed by atoms with E-state index in [4.69, 9.17) is 11.6 Å². The first-order valence-corrected chi connectivity index (χ1v) is 9.54. The third-order valence-electron chi connectivity index (χ3n) is 3.31. The van der Waals surface area contributed by atoms with Gasteiger partial charge >= 0.3 is 0 Å². The standard InChI is InChI=1S/C17H14BrClN4OS/c1-10-2-7-14(13(18)8-10)20-15(24)9-25-17-21-16(22-23-17)11-3-5-12(19)6-4-11/h2-8H,9H2,1H3,(H,20,24)(H,21,22,23). The van der Waals surface area contributed by atoms with Crippen LogP contribution < -0.4 is 5.32 Å². The molecule has 3 aromatic rings. The number of nitrogens with zero attached hydrogens (tertiary/aromatic N) is 2. The molecule has 8 heteroatoms. The van der Waals surface area contributed by atoms with Gasteiger partial charge in [-0.3, -0.25) is 9.89 Å². The molecule has 0 saturated carbocycles. The minimum atomic E-state index is -0.118. The average Bonchev–Trinajstić information content (AvgIpc) is 3.05. The number of aromatic amines is 1. The smallest absolute Gasteiger partial charge is 0.234 e. The second kappa shape index (κ2) is 8.03. The maximum Gasteiger partial charge on any atom is 0.234 e. The number of amides is 1. The lowest BCUT2D eigenvalue weighted by molar-refractivity contribution is -0.113. The zero-order chi connectivity index (χ0) is 17.8. The Kier molecular flexibility index (Phi) is 5.78. The van der Waals surface area contributed by atoms with Gasteiger partial charge in [-0.15, -0.1) is 5.10 Å². The molecule has 5 nitrogen and oxygen atoms in total. The number of hydrogen-bond donors (Lipinski definition) is 2. The fourth-order valence-corrected chi connectivity index (χ4v) is 3.40. The van der Waals surface area contributed by atoms with E-state index < -0.39 is 0 Å². The van der Waals surface area contributed by atoms with E-state index in [1.165, 1.54) is 11.8 Å². The van der Waals surface area contributed by atoms with Gasteiger partial charge in [-0.1, -0.05) is 29.4 Å². The number of nitrogens with one attached hydrogen (secondary N) is 2. The molecule has 0 atom stereocenters. The molecule has 0 fully saturated rings. The summed E-state index contributed by atoms with van der Waals surface area (Å²) >= 11 is 10.6. The highest BCUT2D eigenvalue weighted by atomic mass is 79.9. The Labute approximate surface area is 162 Å². The van der Waals surface area contributed by atoms with Gasteiger partial charge in [0.2, 0.25) is 11.1 Å². The van der Waals surface area contributed by atoms with Crippen molar-refractivity contribution in [2.75, 3.05) is 11.1 Å². The topological polar surface area (TPSA) is 70.7 Å². The van der Waals surface area contributed by atoms with Gasteiger partial charge in [0, 0.05) is 15.1 Å². The van der Waals surface area contributed by atoms with Crippen molar-refractivity contribution < 1.29 is 4.79 Å². The SMILES string of the molecule is Cc1ccc(NC(=O)CSc2n[nH]c(-c3ccc(Cl)cc3)n2)c(Br)c1. The number of rotatable bonds is 5. The Morgan fingerprint density at radius 1 is 1.28 bits per heavy atom. The first kappa shape index (κ1) is 18.0. The van der Waals surface area contributed by atoms with Crippen molar-refractivity contribution in [1.29, 1.82) is 0 Å². The number of carbonyl (C=O) groups is 1. The van der Waals surface area contributed by atoms with Crippen LogP contribution in [-0.2, 0) is 4.79 Å². The van der Waals surface area contributed by atoms with Gasteiger partial charge in [0.25, 0.3) is 0 Å². The molecule has 25 heavy (non-hydrogen) atoms. The predicted octanol–water partition coefficient (Wildman–Crippen LogP) is 4.93. The van der Waals surface area contributed by atoms with Crippen molar-refractivity contribution in [1.82, 2.24) is 15.2 Å². The van der Waals surface area contributed by atoms with E-state index in [9.17, 15) is 4.79 Å². The van der Waals surface area contributed by atoms with E-state index in [1.807, 2.05) is 37.3 Å². The minimum absolute atomic E-state index is 0.118. The van der Waals surface area contributed by atoms with Crippen LogP contribution in [-0.4, -0.2) is 26.8 Å². The molecule has 0 unspecified atom stereocenters. The fourth-order valence-electron chi connectivity index (χ4n) is 2.09. The molecule has 1 aromatic heterocycles. The van der Waals surface area contributed by atoms with Gasteiger partial charge in [0.05, 0.1) is 11.4 Å². The fraction of sp³-hybridized carbons (Fsp3) is 0.118. The summed E-state index contributed by atoms with van der Waals surface area (Å²) in [5.74, 6) is 0.742. The number of hydrogen-bond acceptors (Lipinski definition) is 4. The monoisotopic (exact) mass is 436 g/mol. The largest absolute Gasteiger partial charge is 0.324 e. The lowest BCUT2D eigenvalue weighted by atomic mass is 10.2. The Balaban J connectivity index is 1.58. The summed E-state index contributed by atoms with van der Waals surface area (Å²) in [6.45, 7) is 1.99. The number of halogens is 2. The third-order valence-corrected chi connectivity index (χ3v) is 5.07. The van der Waals surface area contributed by atoms with Gasteiger partial charge in [-0.2, -0.15) is 0 Å². The van der Waals surface area contributed by atoms with Crippen molar-refractivity contribution in [3.8, 4) is 11.4 Å². The van der Waals surface area contributed by atoms with Gasteiger partial charge in [-0.25, -0.2) is 4.98 Å². The normalized spacial score (nSPS) is 10.7. The number of benzene rings is 2. The van der Waals surface area contributed by atoms with Crippen LogP contribution in [0.5, 0.6) is 0 Å². The van der Waals surface area contributed by atoms with E-state index in [0.717, 1.165) is 21.3 Å². The molecule has 0 saturated heterocycles. The molecule has 0 bridgehead atoms. The number of carbonyl (C=O) groups excluding carboxylic acids is 1. The highest BCUT2D eigenvalue weighted by Crippen LogP contribution is 2.24. The lowest BCUT2D eigenvalue weighted by Gasteiger charge is -2.07. The molecule has 0 aliphatic heterocycles. The number of anilines is 1. The Morgan fingerprint density at radius 2 is 2.04 bits per heavy atom. The number of H-pyrrole nitrogens is 1. The van der Waals surface area contributed by atoms with Crippen LogP contribution in [0.1, 0.15) is 5.56 Å². The zero-order valence-corrected chi connectivity index (χ0v) is 16.4. The van der Waals surface area contributed by atoms with Gasteiger partial charge in [0.15, 0.2) is 5.82 Å². The number of aryl methyl sites for hydroxylation is 1. The van der Waals surface area contributed by atoms with Crippen LogP contribution in [0.15, 0.2) is 52.1 Å². The van der Waals surface area contributed by atoms with Crippen LogP contribution in [0.3, 0.4) is 0 Å². The Bertz CT molecular complexity index is 898. The highest BCUT2D eigenvalue weighted by Gasteiger charge is 2.10. The van der Waals surface area contributed by atoms with Crippen LogP contribution in [0.25, 0.3) is 11.4 Å². The quantitative estimate of drug-likeness (QED) is 0.555. The highest BCUT2D eigenvalue weighted by molar-refractivity contribution is 9.10. The van der Waals surface area contributed by atoms with Crippen molar-refractivity contribution in [2.24, 2.45) is 0 Å². The van der Waals surface area contributed by atoms with Crippen LogP contribution in [0.2, 0.25) is 5.02 Å². The van der Waals surface area contributed by atoms with Crippen LogP contribution in [0, 0.1) is 6.92 Å². The predicted molar refractivity (Wildman–Crippen MR) is 105 cm³/mol. The molecule has 0 radical (unpaired) electrons. The molecule has 2 N–H and O–H groups in total. The van der Waals surface area contributed by atoms with E-state index in [-0.39, 0.29) is 11.7 Å². The van der Waals surface area contributed by atoms with Crippen molar-refractivity contribution in [3.63, 3.8) is 0 Å². The lowest BCUT2D eigenvalue weighted by Crippen LogP contribution is -2.14. The molecule has 1 amide bonds. The van der Waals surface area contributed by atoms with Crippen LogP contribution in [0.4, 0.5) is 5.69 Å². The maximum absolute atomic E-state index is 12.1. The van der Waals surface area contributed by atoms with Gasteiger partial charge in [0.1, 0.15) is 0 Å². The Hall–Kier alpha value is -1.83. The minimum Gasteiger partial charge on any atom is -0.324 e. The molecular weight excluding hydrogens is 424 g/mol. The third kappa shape index (κ3) is 4.84. The van der Waals surface area contributed by atoms with Crippen molar-refractivity contribution in [3.05, 3.63) is 57.5 Å². The van der Waals surface area contributed by atoms with E-state index >= 15 is 0 Å². The molecule has 0 aliphatic carbocycles. The van der Waals surface area contributed by atoms with Crippen LogP contribution >= 0.6 is 39.3 Å². The summed E-state index contributed by atoms with van der Waals surface area (Å²) in [5.41, 5.74) is 2.75. The average molecular weight is 438 g/mol. The maximum atomic E-state index is 12.1. The first-order chi connectivity index (χ1) is 12.0. The van der Waals surface area contributed by atoms with Crippen molar-refractivity contribution in [2.45, 2.75) is 12.1 Å². The molecule has 0 aliphatic rings. The number of aromatic nitrogens is 3. The number of thioether (sulfide) groups is 1. The summed E-state index contributed by atoms with van der Waals surface area (Å²) in [7, 11) is 0. The molecule has 2 aromatic carbocycles. The summed E-state index contributed by atoms with van der Waals surface area (Å²) in [4.78, 5) is 16.5. The summed E-state index contributed by atoms with van der Waals surface area (Å²) in [6.07, 6.45) is 0. The first-order valence-electron chi connectivity index (χ1n) is 7.38. The van der Waals surface area contributed by atoms with Gasteiger partial charge in [-0.05, 0) is 64.8 Å². The van der Waals surface area contributed by atoms with Crippen molar-refractivity contribution >= 4 is 50.9 Å². The van der Waals surface area contributed by atoms with E-state index in [2.05, 4.69) is 36.4 Å². The summed E-state index contributed by atoms with van der Waals surface area (Å²) < 4.78 is 0.855. The molecular formula is C17H14BrClN4OS. The van der Waals surface area contributed by atoms with E-state index in [0.29, 0.717) is 16.0 Å². The summed E-state index contributed by atoms with van der Waals surface area (Å²) in [5, 5.41) is 11.0.